The Morgan fingerprint density at radius 2 is 2.35 bits per heavy atom. The van der Waals surface area contributed by atoms with Crippen LogP contribution in [-0.2, 0) is 16.6 Å². The molecular weight excluding hydrogens is 330 g/mol. The molecule has 0 saturated carbocycles. The number of nitrogens with zero attached hydrogens (tertiary/aromatic N) is 3. The highest BCUT2D eigenvalue weighted by atomic mass is 79.9. The maximum atomic E-state index is 12.0. The van der Waals surface area contributed by atoms with Crippen LogP contribution in [0.3, 0.4) is 0 Å². The first-order valence-electron chi connectivity index (χ1n) is 4.47. The van der Waals surface area contributed by atoms with Crippen LogP contribution in [-0.4, -0.2) is 29.0 Å². The number of nitrogens with one attached hydrogen (secondary N) is 2. The maximum Gasteiger partial charge on any atom is 0.242 e. The number of aromatic nitrogens is 4. The zero-order chi connectivity index (χ0) is 12.5. The van der Waals surface area contributed by atoms with Crippen molar-refractivity contribution in [3.63, 3.8) is 0 Å². The Labute approximate surface area is 110 Å². The monoisotopic (exact) mass is 337 g/mol. The SMILES string of the molecule is Cc1sc(Br)cc1S(=O)(=O)NCc1nn[nH]n1. The van der Waals surface area contributed by atoms with Gasteiger partial charge in [0, 0.05) is 4.88 Å². The number of halogens is 1. The molecule has 0 fully saturated rings. The molecule has 0 aliphatic rings. The summed E-state index contributed by atoms with van der Waals surface area (Å²) in [4.78, 5) is 0.982. The van der Waals surface area contributed by atoms with Gasteiger partial charge in [0.25, 0.3) is 0 Å². The van der Waals surface area contributed by atoms with E-state index < -0.39 is 10.0 Å². The van der Waals surface area contributed by atoms with Gasteiger partial charge in [-0.15, -0.1) is 21.5 Å². The fourth-order valence-electron chi connectivity index (χ4n) is 1.19. The van der Waals surface area contributed by atoms with Gasteiger partial charge in [-0.05, 0) is 28.9 Å². The minimum Gasteiger partial charge on any atom is -0.207 e. The van der Waals surface area contributed by atoms with Gasteiger partial charge in [-0.1, -0.05) is 5.21 Å². The second-order valence-electron chi connectivity index (χ2n) is 3.12. The van der Waals surface area contributed by atoms with E-state index in [-0.39, 0.29) is 11.4 Å². The lowest BCUT2D eigenvalue weighted by molar-refractivity contribution is 0.579. The normalized spacial score (nSPS) is 11.9. The van der Waals surface area contributed by atoms with E-state index in [9.17, 15) is 8.42 Å². The summed E-state index contributed by atoms with van der Waals surface area (Å²) in [5, 5.41) is 12.9. The Hall–Kier alpha value is -0.840. The van der Waals surface area contributed by atoms with Crippen LogP contribution in [0, 0.1) is 6.92 Å². The Balaban J connectivity index is 2.17. The van der Waals surface area contributed by atoms with Crippen molar-refractivity contribution in [2.75, 3.05) is 0 Å². The third-order valence-electron chi connectivity index (χ3n) is 1.94. The summed E-state index contributed by atoms with van der Waals surface area (Å²) in [6.45, 7) is 1.75. The molecule has 0 radical (unpaired) electrons. The minimum atomic E-state index is -3.54. The lowest BCUT2D eigenvalue weighted by Gasteiger charge is -2.03. The number of tetrazole rings is 1. The van der Waals surface area contributed by atoms with Crippen molar-refractivity contribution in [2.45, 2.75) is 18.4 Å². The number of thiophene rings is 1. The van der Waals surface area contributed by atoms with E-state index >= 15 is 0 Å². The van der Waals surface area contributed by atoms with Gasteiger partial charge < -0.3 is 0 Å². The van der Waals surface area contributed by atoms with Crippen molar-refractivity contribution in [2.24, 2.45) is 0 Å². The fourth-order valence-corrected chi connectivity index (χ4v) is 4.58. The highest BCUT2D eigenvalue weighted by Gasteiger charge is 2.19. The van der Waals surface area contributed by atoms with E-state index in [0.29, 0.717) is 5.82 Å². The molecule has 7 nitrogen and oxygen atoms in total. The van der Waals surface area contributed by atoms with E-state index in [2.05, 4.69) is 41.3 Å². The van der Waals surface area contributed by atoms with Crippen LogP contribution in [0.25, 0.3) is 0 Å². The Kier molecular flexibility index (Phi) is 3.56. The summed E-state index contributed by atoms with van der Waals surface area (Å²) < 4.78 is 27.1. The number of hydrogen-bond acceptors (Lipinski definition) is 6. The Morgan fingerprint density at radius 3 is 2.88 bits per heavy atom. The standard InChI is InChI=1S/C7H8BrN5O2S2/c1-4-5(2-6(8)16-4)17(14,15)9-3-7-10-12-13-11-7/h2,9H,3H2,1H3,(H,10,11,12,13). The molecule has 17 heavy (non-hydrogen) atoms. The first-order valence-corrected chi connectivity index (χ1v) is 7.56. The van der Waals surface area contributed by atoms with Crippen LogP contribution in [0.5, 0.6) is 0 Å². The molecule has 0 aromatic carbocycles. The van der Waals surface area contributed by atoms with Crippen LogP contribution in [0.15, 0.2) is 14.7 Å². The van der Waals surface area contributed by atoms with Gasteiger partial charge in [-0.3, -0.25) is 0 Å². The van der Waals surface area contributed by atoms with Crippen LogP contribution < -0.4 is 4.72 Å². The molecule has 0 bridgehead atoms. The van der Waals surface area contributed by atoms with Gasteiger partial charge in [0.1, 0.15) is 0 Å². The summed E-state index contributed by atoms with van der Waals surface area (Å²) in [5.41, 5.74) is 0. The molecule has 0 atom stereocenters. The van der Waals surface area contributed by atoms with Crippen molar-refractivity contribution < 1.29 is 8.42 Å². The number of aryl methyl sites for hydroxylation is 1. The summed E-state index contributed by atoms with van der Waals surface area (Å²) in [7, 11) is -3.54. The van der Waals surface area contributed by atoms with Crippen molar-refractivity contribution in [3.8, 4) is 0 Å². The Bertz CT molecular complexity index is 606. The van der Waals surface area contributed by atoms with E-state index in [1.807, 2.05) is 0 Å². The highest BCUT2D eigenvalue weighted by molar-refractivity contribution is 9.11. The van der Waals surface area contributed by atoms with Gasteiger partial charge in [0.15, 0.2) is 5.82 Å². The molecule has 0 spiro atoms. The minimum absolute atomic E-state index is 0.00569. The molecular formula is C7H8BrN5O2S2. The van der Waals surface area contributed by atoms with Gasteiger partial charge in [-0.2, -0.15) is 5.21 Å². The second kappa shape index (κ2) is 4.80. The van der Waals surface area contributed by atoms with Gasteiger partial charge in [0.05, 0.1) is 15.2 Å². The van der Waals surface area contributed by atoms with Crippen LogP contribution in [0.4, 0.5) is 0 Å². The van der Waals surface area contributed by atoms with E-state index in [0.717, 1.165) is 8.66 Å². The molecule has 0 unspecified atom stereocenters. The average Bonchev–Trinajstić information content (AvgIpc) is 2.85. The molecule has 0 aliphatic heterocycles. The van der Waals surface area contributed by atoms with E-state index in [1.165, 1.54) is 11.3 Å². The third-order valence-corrected chi connectivity index (χ3v) is 5.15. The zero-order valence-corrected chi connectivity index (χ0v) is 11.9. The first-order chi connectivity index (χ1) is 7.99. The predicted octanol–water partition coefficient (Wildman–Crippen LogP) is 0.811. The Morgan fingerprint density at radius 1 is 1.59 bits per heavy atom. The topological polar surface area (TPSA) is 101 Å². The zero-order valence-electron chi connectivity index (χ0n) is 8.64. The number of aromatic amines is 1. The molecule has 0 aliphatic carbocycles. The molecule has 2 N–H and O–H groups in total. The molecule has 2 aromatic heterocycles. The van der Waals surface area contributed by atoms with E-state index in [4.69, 9.17) is 0 Å². The van der Waals surface area contributed by atoms with Crippen LogP contribution >= 0.6 is 27.3 Å². The molecule has 2 aromatic rings. The fraction of sp³-hybridized carbons (Fsp3) is 0.286. The lowest BCUT2D eigenvalue weighted by atomic mass is 10.5. The summed E-state index contributed by atoms with van der Waals surface area (Å²) in [6.07, 6.45) is 0. The van der Waals surface area contributed by atoms with Crippen LogP contribution in [0.2, 0.25) is 0 Å². The highest BCUT2D eigenvalue weighted by Crippen LogP contribution is 2.29. The number of hydrogen-bond donors (Lipinski definition) is 2. The summed E-state index contributed by atoms with van der Waals surface area (Å²) in [5.74, 6) is 0.292. The molecule has 10 heteroatoms. The van der Waals surface area contributed by atoms with Gasteiger partial charge in [-0.25, -0.2) is 13.1 Å². The van der Waals surface area contributed by atoms with Crippen LogP contribution in [0.1, 0.15) is 10.7 Å². The first kappa shape index (κ1) is 12.6. The number of rotatable bonds is 4. The van der Waals surface area contributed by atoms with E-state index in [1.54, 1.807) is 13.0 Å². The largest absolute Gasteiger partial charge is 0.242 e. The molecule has 0 saturated heterocycles. The van der Waals surface area contributed by atoms with Crippen molar-refractivity contribution in [1.29, 1.82) is 0 Å². The predicted molar refractivity (Wildman–Crippen MR) is 65.0 cm³/mol. The number of H-pyrrole nitrogens is 1. The maximum absolute atomic E-state index is 12.0. The average molecular weight is 338 g/mol. The molecule has 0 amide bonds. The van der Waals surface area contributed by atoms with Gasteiger partial charge >= 0.3 is 0 Å². The van der Waals surface area contributed by atoms with Gasteiger partial charge in [0.2, 0.25) is 10.0 Å². The molecule has 2 rings (SSSR count). The van der Waals surface area contributed by atoms with Crippen molar-refractivity contribution in [1.82, 2.24) is 25.3 Å². The summed E-state index contributed by atoms with van der Waals surface area (Å²) in [6, 6.07) is 1.57. The quantitative estimate of drug-likeness (QED) is 0.859. The smallest absolute Gasteiger partial charge is 0.207 e. The molecule has 2 heterocycles. The third kappa shape index (κ3) is 2.89. The lowest BCUT2D eigenvalue weighted by Crippen LogP contribution is -2.24. The van der Waals surface area contributed by atoms with Crippen molar-refractivity contribution in [3.05, 3.63) is 20.6 Å². The summed E-state index contributed by atoms with van der Waals surface area (Å²) >= 11 is 4.62. The number of sulfonamides is 1. The molecule has 92 valence electrons. The second-order valence-corrected chi connectivity index (χ2v) is 7.49. The van der Waals surface area contributed by atoms with Crippen molar-refractivity contribution >= 4 is 37.3 Å².